The van der Waals surface area contributed by atoms with Gasteiger partial charge in [0.2, 0.25) is 5.24 Å². The Balaban J connectivity index is 1.47. The Kier molecular flexibility index (Phi) is 8.65. The maximum absolute atomic E-state index is 10.9. The highest BCUT2D eigenvalue weighted by Gasteiger charge is 2.28. The van der Waals surface area contributed by atoms with Gasteiger partial charge in [-0.05, 0) is 91.6 Å². The number of β-amino-alcohol motifs (C(OH)–C–C–N with tert-alkyl or cyclic N) is 1. The molecule has 0 radical (unpaired) electrons. The van der Waals surface area contributed by atoms with Gasteiger partial charge in [0, 0.05) is 12.1 Å². The van der Waals surface area contributed by atoms with Gasteiger partial charge in [-0.15, -0.1) is 0 Å². The van der Waals surface area contributed by atoms with Gasteiger partial charge in [0.25, 0.3) is 0 Å². The maximum atomic E-state index is 10.9. The van der Waals surface area contributed by atoms with Crippen molar-refractivity contribution in [3.63, 3.8) is 0 Å². The normalized spacial score (nSPS) is 15.2. The van der Waals surface area contributed by atoms with E-state index in [4.69, 9.17) is 39.5 Å². The number of carbonyl (C=O) groups is 1. The van der Waals surface area contributed by atoms with Crippen molar-refractivity contribution >= 4 is 46.1 Å². The summed E-state index contributed by atoms with van der Waals surface area (Å²) in [6.45, 7) is 4.80. The Morgan fingerprint density at radius 1 is 1.19 bits per heavy atom. The van der Waals surface area contributed by atoms with Gasteiger partial charge in [-0.2, -0.15) is 0 Å². The Hall–Kier alpha value is -1.56. The van der Waals surface area contributed by atoms with Gasteiger partial charge in [0.15, 0.2) is 0 Å². The number of fused-ring (bicyclic) bond motifs is 1. The molecule has 4 nitrogen and oxygen atoms in total. The summed E-state index contributed by atoms with van der Waals surface area (Å²) in [5.74, 6) is 0.971. The van der Waals surface area contributed by atoms with Gasteiger partial charge in [-0.25, -0.2) is 0 Å². The van der Waals surface area contributed by atoms with Crippen LogP contribution in [0.2, 0.25) is 10.0 Å². The van der Waals surface area contributed by atoms with Crippen molar-refractivity contribution in [3.05, 3.63) is 69.2 Å². The van der Waals surface area contributed by atoms with Crippen molar-refractivity contribution in [2.75, 3.05) is 13.2 Å². The number of hydrogen-bond acceptors (Lipinski definition) is 4. The summed E-state index contributed by atoms with van der Waals surface area (Å²) in [4.78, 5) is 10.9. The van der Waals surface area contributed by atoms with Crippen LogP contribution in [-0.2, 0) is 17.6 Å². The van der Waals surface area contributed by atoms with E-state index in [-0.39, 0.29) is 22.2 Å². The van der Waals surface area contributed by atoms with Gasteiger partial charge < -0.3 is 15.2 Å². The molecule has 0 aliphatic heterocycles. The molecule has 0 amide bonds. The Morgan fingerprint density at radius 3 is 2.47 bits per heavy atom. The molecule has 0 unspecified atom stereocenters. The van der Waals surface area contributed by atoms with Crippen LogP contribution in [0.15, 0.2) is 42.5 Å². The molecule has 0 fully saturated rings. The van der Waals surface area contributed by atoms with E-state index in [0.29, 0.717) is 23.8 Å². The summed E-state index contributed by atoms with van der Waals surface area (Å²) >= 11 is 17.8. The molecular formula is C25H28Cl3NO3. The molecule has 0 aromatic heterocycles. The number of allylic oxidation sites excluding steroid dienone is 1. The number of benzene rings is 2. The minimum absolute atomic E-state index is 0.0728. The molecule has 172 valence electrons. The average Bonchev–Trinajstić information content (AvgIpc) is 3.14. The Labute approximate surface area is 204 Å². The minimum atomic E-state index is -0.710. The summed E-state index contributed by atoms with van der Waals surface area (Å²) in [5, 5.41) is 13.7. The average molecular weight is 497 g/mol. The summed E-state index contributed by atoms with van der Waals surface area (Å²) < 4.78 is 5.68. The van der Waals surface area contributed by atoms with Crippen LogP contribution in [0.4, 0.5) is 0 Å². The number of aliphatic hydroxyl groups excluding tert-OH is 1. The van der Waals surface area contributed by atoms with Crippen LogP contribution in [0.5, 0.6) is 5.75 Å². The topological polar surface area (TPSA) is 58.6 Å². The zero-order valence-electron chi connectivity index (χ0n) is 18.2. The number of aliphatic hydroxyl groups is 1. The van der Waals surface area contributed by atoms with Crippen LogP contribution in [0.25, 0.3) is 6.08 Å². The first-order valence-corrected chi connectivity index (χ1v) is 11.8. The zero-order chi connectivity index (χ0) is 23.3. The number of nitrogens with one attached hydrogen (secondary N) is 1. The summed E-state index contributed by atoms with van der Waals surface area (Å²) in [7, 11) is 0. The Bertz CT molecular complexity index is 965. The molecular weight excluding hydrogens is 469 g/mol. The standard InChI is InChI=1S/C25H28Cl3NO3/c1-25(2,13-16-11-18-5-3-4-6-19(18)12-16)29-14-20(30)15-32-21-9-7-17(8-10-22(26)31)23(27)24(21)28/h3-10,16,20,29-30H,11-15H2,1-2H3/b10-8+/t20-/m1/s1. The van der Waals surface area contributed by atoms with Crippen LogP contribution in [-0.4, -0.2) is 35.1 Å². The van der Waals surface area contributed by atoms with Crippen LogP contribution >= 0.6 is 34.8 Å². The molecule has 0 heterocycles. The van der Waals surface area contributed by atoms with Crippen molar-refractivity contribution in [3.8, 4) is 5.75 Å². The lowest BCUT2D eigenvalue weighted by molar-refractivity contribution is -0.107. The van der Waals surface area contributed by atoms with E-state index in [1.807, 2.05) is 0 Å². The lowest BCUT2D eigenvalue weighted by Gasteiger charge is -2.30. The van der Waals surface area contributed by atoms with E-state index < -0.39 is 11.3 Å². The van der Waals surface area contributed by atoms with Crippen molar-refractivity contribution < 1.29 is 14.6 Å². The monoisotopic (exact) mass is 495 g/mol. The molecule has 0 saturated heterocycles. The van der Waals surface area contributed by atoms with Crippen molar-refractivity contribution in [1.82, 2.24) is 5.32 Å². The van der Waals surface area contributed by atoms with Gasteiger partial charge in [-0.1, -0.05) is 47.5 Å². The minimum Gasteiger partial charge on any atom is -0.489 e. The molecule has 2 aromatic carbocycles. The fourth-order valence-corrected chi connectivity index (χ4v) is 4.68. The number of halogens is 3. The Morgan fingerprint density at radius 2 is 1.84 bits per heavy atom. The fraction of sp³-hybridized carbons (Fsp3) is 0.400. The third kappa shape index (κ3) is 6.97. The predicted molar refractivity (Wildman–Crippen MR) is 132 cm³/mol. The van der Waals surface area contributed by atoms with Crippen LogP contribution in [0, 0.1) is 5.92 Å². The van der Waals surface area contributed by atoms with Crippen molar-refractivity contribution in [2.24, 2.45) is 5.92 Å². The second-order valence-electron chi connectivity index (χ2n) is 8.90. The maximum Gasteiger partial charge on any atom is 0.245 e. The molecule has 32 heavy (non-hydrogen) atoms. The molecule has 2 aromatic rings. The van der Waals surface area contributed by atoms with E-state index in [1.54, 1.807) is 12.1 Å². The lowest BCUT2D eigenvalue weighted by Crippen LogP contribution is -2.46. The van der Waals surface area contributed by atoms with E-state index in [1.165, 1.54) is 23.3 Å². The number of hydrogen-bond donors (Lipinski definition) is 2. The van der Waals surface area contributed by atoms with E-state index in [2.05, 4.69) is 43.4 Å². The second-order valence-corrected chi connectivity index (χ2v) is 10.0. The second kappa shape index (κ2) is 11.0. The highest BCUT2D eigenvalue weighted by atomic mass is 35.5. The highest BCUT2D eigenvalue weighted by Crippen LogP contribution is 2.35. The molecule has 0 bridgehead atoms. The van der Waals surface area contributed by atoms with Gasteiger partial charge in [0.1, 0.15) is 23.5 Å². The quantitative estimate of drug-likeness (QED) is 0.328. The molecule has 0 spiro atoms. The van der Waals surface area contributed by atoms with E-state index in [0.717, 1.165) is 19.3 Å². The highest BCUT2D eigenvalue weighted by molar-refractivity contribution is 6.66. The molecule has 1 atom stereocenters. The van der Waals surface area contributed by atoms with E-state index >= 15 is 0 Å². The summed E-state index contributed by atoms with van der Waals surface area (Å²) in [6, 6.07) is 12.0. The third-order valence-corrected chi connectivity index (χ3v) is 6.66. The van der Waals surface area contributed by atoms with E-state index in [9.17, 15) is 9.90 Å². The fourth-order valence-electron chi connectivity index (χ4n) is 4.17. The van der Waals surface area contributed by atoms with Gasteiger partial charge in [-0.3, -0.25) is 4.79 Å². The van der Waals surface area contributed by atoms with Crippen LogP contribution in [0.3, 0.4) is 0 Å². The van der Waals surface area contributed by atoms with Crippen LogP contribution in [0.1, 0.15) is 37.0 Å². The smallest absolute Gasteiger partial charge is 0.245 e. The molecule has 3 rings (SSSR count). The zero-order valence-corrected chi connectivity index (χ0v) is 20.5. The summed E-state index contributed by atoms with van der Waals surface area (Å²) in [5.41, 5.74) is 3.35. The summed E-state index contributed by atoms with van der Waals surface area (Å²) in [6.07, 6.45) is 5.21. The van der Waals surface area contributed by atoms with Gasteiger partial charge in [0.05, 0.1) is 5.02 Å². The molecule has 2 N–H and O–H groups in total. The number of rotatable bonds is 10. The number of ether oxygens (including phenoxy) is 1. The molecule has 1 aliphatic rings. The van der Waals surface area contributed by atoms with Crippen LogP contribution < -0.4 is 10.1 Å². The first-order valence-electron chi connectivity index (χ1n) is 10.6. The van der Waals surface area contributed by atoms with Gasteiger partial charge >= 0.3 is 0 Å². The predicted octanol–water partition coefficient (Wildman–Crippen LogP) is 5.69. The lowest BCUT2D eigenvalue weighted by atomic mass is 9.88. The molecule has 0 saturated carbocycles. The SMILES string of the molecule is CC(C)(CC1Cc2ccccc2C1)NC[C@@H](O)COc1ccc(/C=C/C(=O)Cl)c(Cl)c1Cl. The third-order valence-electron chi connectivity index (χ3n) is 5.65. The van der Waals surface area contributed by atoms with Crippen molar-refractivity contribution in [2.45, 2.75) is 44.8 Å². The largest absolute Gasteiger partial charge is 0.489 e. The first-order chi connectivity index (χ1) is 15.1. The first kappa shape index (κ1) is 25.1. The van der Waals surface area contributed by atoms with Crippen molar-refractivity contribution in [1.29, 1.82) is 0 Å². The molecule has 7 heteroatoms. The number of carbonyl (C=O) groups excluding carboxylic acids is 1. The molecule has 1 aliphatic carbocycles.